The fourth-order valence-corrected chi connectivity index (χ4v) is 2.46. The SMILES string of the molecule is CC(=O)CCSC(C)CC(C)C. The first kappa shape index (κ1) is 12.0. The van der Waals surface area contributed by atoms with Gasteiger partial charge in [-0.3, -0.25) is 4.79 Å². The van der Waals surface area contributed by atoms with Gasteiger partial charge in [0.1, 0.15) is 5.78 Å². The second-order valence-corrected chi connectivity index (χ2v) is 5.31. The summed E-state index contributed by atoms with van der Waals surface area (Å²) in [7, 11) is 0. The van der Waals surface area contributed by atoms with Crippen molar-refractivity contribution in [1.82, 2.24) is 0 Å². The Hall–Kier alpha value is 0.0200. The summed E-state index contributed by atoms with van der Waals surface area (Å²) in [6, 6.07) is 0. The van der Waals surface area contributed by atoms with Gasteiger partial charge < -0.3 is 0 Å². The molecule has 0 aliphatic heterocycles. The first-order chi connectivity index (χ1) is 5.52. The lowest BCUT2D eigenvalue weighted by Crippen LogP contribution is -2.03. The number of ketones is 1. The standard InChI is InChI=1S/C10H20OS/c1-8(2)7-10(4)12-6-5-9(3)11/h8,10H,5-7H2,1-4H3. The highest BCUT2D eigenvalue weighted by Crippen LogP contribution is 2.19. The minimum Gasteiger partial charge on any atom is -0.300 e. The van der Waals surface area contributed by atoms with Crippen LogP contribution >= 0.6 is 11.8 Å². The van der Waals surface area contributed by atoms with Crippen molar-refractivity contribution in [2.75, 3.05) is 5.75 Å². The predicted octanol–water partition coefficient (Wildman–Crippen LogP) is 3.13. The maximum Gasteiger partial charge on any atom is 0.130 e. The number of rotatable bonds is 6. The van der Waals surface area contributed by atoms with E-state index in [9.17, 15) is 4.79 Å². The largest absolute Gasteiger partial charge is 0.300 e. The zero-order valence-corrected chi connectivity index (χ0v) is 9.41. The van der Waals surface area contributed by atoms with Crippen molar-refractivity contribution in [1.29, 1.82) is 0 Å². The Morgan fingerprint density at radius 2 is 1.92 bits per heavy atom. The van der Waals surface area contributed by atoms with Crippen molar-refractivity contribution < 1.29 is 4.79 Å². The normalized spacial score (nSPS) is 13.4. The van der Waals surface area contributed by atoms with Gasteiger partial charge in [0.2, 0.25) is 0 Å². The number of Topliss-reactive ketones (excluding diaryl/α,β-unsaturated/α-hetero) is 1. The van der Waals surface area contributed by atoms with Gasteiger partial charge in [-0.25, -0.2) is 0 Å². The van der Waals surface area contributed by atoms with E-state index in [0.717, 1.165) is 18.1 Å². The zero-order chi connectivity index (χ0) is 9.56. The van der Waals surface area contributed by atoms with Gasteiger partial charge in [0.15, 0.2) is 0 Å². The van der Waals surface area contributed by atoms with E-state index >= 15 is 0 Å². The van der Waals surface area contributed by atoms with E-state index < -0.39 is 0 Å². The average molecular weight is 188 g/mol. The van der Waals surface area contributed by atoms with Crippen molar-refractivity contribution in [3.63, 3.8) is 0 Å². The molecule has 0 aromatic heterocycles. The average Bonchev–Trinajstić information content (AvgIpc) is 1.84. The van der Waals surface area contributed by atoms with Crippen LogP contribution in [0.25, 0.3) is 0 Å². The van der Waals surface area contributed by atoms with E-state index in [1.54, 1.807) is 6.92 Å². The van der Waals surface area contributed by atoms with Gasteiger partial charge >= 0.3 is 0 Å². The second kappa shape index (κ2) is 6.53. The van der Waals surface area contributed by atoms with E-state index in [-0.39, 0.29) is 0 Å². The Morgan fingerprint density at radius 3 is 2.33 bits per heavy atom. The summed E-state index contributed by atoms with van der Waals surface area (Å²) in [5.41, 5.74) is 0. The van der Waals surface area contributed by atoms with Gasteiger partial charge in [-0.1, -0.05) is 20.8 Å². The van der Waals surface area contributed by atoms with Crippen molar-refractivity contribution in [3.05, 3.63) is 0 Å². The maximum absolute atomic E-state index is 10.6. The number of hydrogen-bond donors (Lipinski definition) is 0. The lowest BCUT2D eigenvalue weighted by atomic mass is 10.1. The molecule has 0 radical (unpaired) electrons. The van der Waals surface area contributed by atoms with Crippen LogP contribution in [-0.4, -0.2) is 16.8 Å². The molecule has 0 aliphatic rings. The van der Waals surface area contributed by atoms with Crippen LogP contribution in [-0.2, 0) is 4.79 Å². The maximum atomic E-state index is 10.6. The molecule has 1 nitrogen and oxygen atoms in total. The Kier molecular flexibility index (Phi) is 6.54. The molecule has 1 unspecified atom stereocenters. The highest BCUT2D eigenvalue weighted by molar-refractivity contribution is 7.99. The van der Waals surface area contributed by atoms with Gasteiger partial charge in [-0.2, -0.15) is 11.8 Å². The molecule has 0 aromatic carbocycles. The van der Waals surface area contributed by atoms with Crippen molar-refractivity contribution in [3.8, 4) is 0 Å². The highest BCUT2D eigenvalue weighted by atomic mass is 32.2. The van der Waals surface area contributed by atoms with Crippen LogP contribution in [0.1, 0.15) is 40.5 Å². The fraction of sp³-hybridized carbons (Fsp3) is 0.900. The summed E-state index contributed by atoms with van der Waals surface area (Å²) >= 11 is 1.91. The topological polar surface area (TPSA) is 17.1 Å². The molecular formula is C10H20OS. The van der Waals surface area contributed by atoms with Crippen LogP contribution in [0, 0.1) is 5.92 Å². The first-order valence-electron chi connectivity index (χ1n) is 4.63. The monoisotopic (exact) mass is 188 g/mol. The number of carbonyl (C=O) groups excluding carboxylic acids is 1. The van der Waals surface area contributed by atoms with Crippen molar-refractivity contribution >= 4 is 17.5 Å². The quantitative estimate of drug-likeness (QED) is 0.637. The third kappa shape index (κ3) is 8.12. The van der Waals surface area contributed by atoms with E-state index in [4.69, 9.17) is 0 Å². The molecule has 2 heteroatoms. The summed E-state index contributed by atoms with van der Waals surface area (Å²) in [6.45, 7) is 8.38. The molecule has 72 valence electrons. The zero-order valence-electron chi connectivity index (χ0n) is 8.59. The molecule has 0 N–H and O–H groups in total. The Balaban J connectivity index is 3.31. The summed E-state index contributed by atoms with van der Waals surface area (Å²) < 4.78 is 0. The minimum atomic E-state index is 0.305. The van der Waals surface area contributed by atoms with Crippen LogP contribution < -0.4 is 0 Å². The molecule has 12 heavy (non-hydrogen) atoms. The molecule has 0 aromatic rings. The smallest absolute Gasteiger partial charge is 0.130 e. The van der Waals surface area contributed by atoms with E-state index in [1.165, 1.54) is 6.42 Å². The molecule has 0 amide bonds. The summed E-state index contributed by atoms with van der Waals surface area (Å²) in [5, 5.41) is 0.698. The Labute approximate surface area is 80.3 Å². The lowest BCUT2D eigenvalue weighted by molar-refractivity contribution is -0.116. The minimum absolute atomic E-state index is 0.305. The molecule has 0 rings (SSSR count). The molecule has 0 saturated carbocycles. The third-order valence-corrected chi connectivity index (χ3v) is 2.86. The number of carbonyl (C=O) groups is 1. The predicted molar refractivity (Wildman–Crippen MR) is 56.7 cm³/mol. The molecule has 0 heterocycles. The lowest BCUT2D eigenvalue weighted by Gasteiger charge is -2.12. The van der Waals surface area contributed by atoms with Gasteiger partial charge in [0, 0.05) is 17.4 Å². The number of thioether (sulfide) groups is 1. The highest BCUT2D eigenvalue weighted by Gasteiger charge is 2.05. The van der Waals surface area contributed by atoms with Gasteiger partial charge in [-0.05, 0) is 19.3 Å². The first-order valence-corrected chi connectivity index (χ1v) is 5.68. The Bertz CT molecular complexity index is 132. The molecule has 0 bridgehead atoms. The molecule has 0 spiro atoms. The molecule has 0 fully saturated rings. The molecule has 0 aliphatic carbocycles. The molecule has 1 atom stereocenters. The van der Waals surface area contributed by atoms with Crippen LogP contribution in [0.2, 0.25) is 0 Å². The molecular weight excluding hydrogens is 168 g/mol. The van der Waals surface area contributed by atoms with Crippen LogP contribution in [0.3, 0.4) is 0 Å². The van der Waals surface area contributed by atoms with Crippen LogP contribution in [0.15, 0.2) is 0 Å². The number of hydrogen-bond acceptors (Lipinski definition) is 2. The van der Waals surface area contributed by atoms with Crippen LogP contribution in [0.4, 0.5) is 0 Å². The summed E-state index contributed by atoms with van der Waals surface area (Å²) in [4.78, 5) is 10.6. The third-order valence-electron chi connectivity index (χ3n) is 1.66. The summed E-state index contributed by atoms with van der Waals surface area (Å²) in [5.74, 6) is 2.06. The second-order valence-electron chi connectivity index (χ2n) is 3.76. The Morgan fingerprint density at radius 1 is 1.33 bits per heavy atom. The molecule has 0 saturated heterocycles. The van der Waals surface area contributed by atoms with Crippen molar-refractivity contribution in [2.24, 2.45) is 5.92 Å². The van der Waals surface area contributed by atoms with Gasteiger partial charge in [-0.15, -0.1) is 0 Å². The van der Waals surface area contributed by atoms with Crippen molar-refractivity contribution in [2.45, 2.75) is 45.8 Å². The van der Waals surface area contributed by atoms with E-state index in [2.05, 4.69) is 20.8 Å². The van der Waals surface area contributed by atoms with Gasteiger partial charge in [0.05, 0.1) is 0 Å². The fourth-order valence-electron chi connectivity index (χ4n) is 1.14. The summed E-state index contributed by atoms with van der Waals surface area (Å²) in [6.07, 6.45) is 1.98. The van der Waals surface area contributed by atoms with E-state index in [1.807, 2.05) is 11.8 Å². The van der Waals surface area contributed by atoms with E-state index in [0.29, 0.717) is 11.0 Å². The van der Waals surface area contributed by atoms with Gasteiger partial charge in [0.25, 0.3) is 0 Å². The van der Waals surface area contributed by atoms with Crippen LogP contribution in [0.5, 0.6) is 0 Å².